The van der Waals surface area contributed by atoms with E-state index in [0.717, 1.165) is 24.3 Å². The maximum atomic E-state index is 13.7. The molecule has 2 aromatic carbocycles. The van der Waals surface area contributed by atoms with Crippen molar-refractivity contribution in [3.05, 3.63) is 64.7 Å². The Morgan fingerprint density at radius 3 is 2.53 bits per heavy atom. The van der Waals surface area contributed by atoms with E-state index in [0.29, 0.717) is 10.9 Å². The van der Waals surface area contributed by atoms with Gasteiger partial charge in [0.15, 0.2) is 0 Å². The zero-order valence-electron chi connectivity index (χ0n) is 18.5. The molecule has 2 aromatic rings. The van der Waals surface area contributed by atoms with E-state index in [2.05, 4.69) is 41.1 Å². The van der Waals surface area contributed by atoms with Gasteiger partial charge in [-0.05, 0) is 36.1 Å². The van der Waals surface area contributed by atoms with Gasteiger partial charge in [-0.1, -0.05) is 54.9 Å². The summed E-state index contributed by atoms with van der Waals surface area (Å²) in [6.07, 6.45) is -0.527. The van der Waals surface area contributed by atoms with Gasteiger partial charge >= 0.3 is 6.03 Å². The van der Waals surface area contributed by atoms with Crippen LogP contribution in [0.25, 0.3) is 0 Å². The zero-order chi connectivity index (χ0) is 22.6. The molecule has 3 fully saturated rings. The monoisotopic (exact) mass is 453 g/mol. The van der Waals surface area contributed by atoms with E-state index in [-0.39, 0.29) is 30.9 Å². The summed E-state index contributed by atoms with van der Waals surface area (Å²) in [5, 5.41) is 4.13. The summed E-state index contributed by atoms with van der Waals surface area (Å²) in [5.74, 6) is 0.200. The SMILES string of the molecule is Cc1ccccc1N1CC(C)CN2C3C(=O)N(Cc4ccccc4Cl)C(=O)N(C)C3NC12. The number of hydrogen-bond donors (Lipinski definition) is 1. The first kappa shape index (κ1) is 21.2. The third kappa shape index (κ3) is 3.36. The van der Waals surface area contributed by atoms with Crippen LogP contribution >= 0.6 is 11.6 Å². The summed E-state index contributed by atoms with van der Waals surface area (Å²) in [4.78, 5) is 34.4. The number of halogens is 1. The van der Waals surface area contributed by atoms with Crippen molar-refractivity contribution in [3.8, 4) is 0 Å². The number of urea groups is 1. The van der Waals surface area contributed by atoms with Crippen molar-refractivity contribution < 1.29 is 9.59 Å². The highest BCUT2D eigenvalue weighted by Gasteiger charge is 2.56. The van der Waals surface area contributed by atoms with E-state index < -0.39 is 6.04 Å². The van der Waals surface area contributed by atoms with Gasteiger partial charge in [0.2, 0.25) is 0 Å². The molecule has 8 heteroatoms. The van der Waals surface area contributed by atoms with Crippen molar-refractivity contribution in [2.24, 2.45) is 5.92 Å². The number of nitrogens with one attached hydrogen (secondary N) is 1. The van der Waals surface area contributed by atoms with Gasteiger partial charge < -0.3 is 9.80 Å². The number of carbonyl (C=O) groups excluding carboxylic acids is 2. The molecule has 0 saturated carbocycles. The molecule has 3 heterocycles. The van der Waals surface area contributed by atoms with Gasteiger partial charge in [-0.2, -0.15) is 0 Å². The number of likely N-dealkylation sites (N-methyl/N-ethyl adjacent to an activating group) is 1. The van der Waals surface area contributed by atoms with Crippen LogP contribution in [0.3, 0.4) is 0 Å². The fourth-order valence-corrected chi connectivity index (χ4v) is 5.43. The van der Waals surface area contributed by atoms with Gasteiger partial charge in [0.1, 0.15) is 18.5 Å². The second-order valence-corrected chi connectivity index (χ2v) is 9.49. The number of imide groups is 1. The maximum absolute atomic E-state index is 13.7. The molecule has 4 unspecified atom stereocenters. The molecule has 7 nitrogen and oxygen atoms in total. The molecule has 3 amide bonds. The Morgan fingerprint density at radius 2 is 1.78 bits per heavy atom. The van der Waals surface area contributed by atoms with Gasteiger partial charge in [-0.25, -0.2) is 4.79 Å². The second-order valence-electron chi connectivity index (χ2n) is 9.08. The predicted molar refractivity (Wildman–Crippen MR) is 124 cm³/mol. The van der Waals surface area contributed by atoms with Crippen LogP contribution in [0, 0.1) is 12.8 Å². The van der Waals surface area contributed by atoms with E-state index >= 15 is 0 Å². The van der Waals surface area contributed by atoms with Crippen molar-refractivity contribution in [1.29, 1.82) is 0 Å². The molecular weight excluding hydrogens is 426 g/mol. The lowest BCUT2D eigenvalue weighted by Crippen LogP contribution is -2.66. The third-order valence-corrected chi connectivity index (χ3v) is 7.17. The lowest BCUT2D eigenvalue weighted by Gasteiger charge is -2.46. The fourth-order valence-electron chi connectivity index (χ4n) is 5.23. The Kier molecular flexibility index (Phi) is 5.35. The molecule has 1 N–H and O–H groups in total. The largest absolute Gasteiger partial charge is 0.343 e. The van der Waals surface area contributed by atoms with Crippen molar-refractivity contribution in [2.45, 2.75) is 38.9 Å². The Labute approximate surface area is 193 Å². The van der Waals surface area contributed by atoms with Crippen LogP contribution in [-0.2, 0) is 11.3 Å². The highest BCUT2D eigenvalue weighted by Crippen LogP contribution is 2.36. The van der Waals surface area contributed by atoms with Crippen LogP contribution < -0.4 is 10.2 Å². The molecule has 4 atom stereocenters. The van der Waals surface area contributed by atoms with Gasteiger partial charge in [0.25, 0.3) is 5.91 Å². The molecule has 5 rings (SSSR count). The molecule has 0 aromatic heterocycles. The van der Waals surface area contributed by atoms with Crippen LogP contribution in [0.5, 0.6) is 0 Å². The molecule has 0 aliphatic carbocycles. The summed E-state index contributed by atoms with van der Waals surface area (Å²) in [7, 11) is 1.76. The Morgan fingerprint density at radius 1 is 1.06 bits per heavy atom. The Balaban J connectivity index is 1.48. The number of aryl methyl sites for hydroxylation is 1. The quantitative estimate of drug-likeness (QED) is 0.774. The van der Waals surface area contributed by atoms with E-state index in [4.69, 9.17) is 11.6 Å². The van der Waals surface area contributed by atoms with Gasteiger partial charge in [-0.15, -0.1) is 0 Å². The number of nitrogens with zero attached hydrogens (tertiary/aromatic N) is 4. The van der Waals surface area contributed by atoms with Crippen molar-refractivity contribution in [2.75, 3.05) is 25.0 Å². The minimum Gasteiger partial charge on any atom is -0.343 e. The summed E-state index contributed by atoms with van der Waals surface area (Å²) in [6, 6.07) is 14.9. The standard InChI is InChI=1S/C24H28ClN5O2/c1-15-12-28(19-11-7-4-8-16(19)2)23-26-21-20(29(23)13-15)22(31)30(24(32)27(21)3)14-17-9-5-6-10-18(17)25/h4-11,15,20-21,23,26H,12-14H2,1-3H3. The summed E-state index contributed by atoms with van der Waals surface area (Å²) in [6.45, 7) is 6.15. The van der Waals surface area contributed by atoms with E-state index in [1.54, 1.807) is 18.0 Å². The topological polar surface area (TPSA) is 59.1 Å². The average molecular weight is 454 g/mol. The molecule has 168 valence electrons. The number of anilines is 1. The first-order chi connectivity index (χ1) is 15.4. The fraction of sp³-hybridized carbons (Fsp3) is 0.417. The molecule has 0 radical (unpaired) electrons. The van der Waals surface area contributed by atoms with Gasteiger partial charge in [-0.3, -0.25) is 19.9 Å². The van der Waals surface area contributed by atoms with Crippen molar-refractivity contribution in [3.63, 3.8) is 0 Å². The molecule has 3 aliphatic rings. The molecule has 0 bridgehead atoms. The van der Waals surface area contributed by atoms with E-state index in [9.17, 15) is 9.59 Å². The zero-order valence-corrected chi connectivity index (χ0v) is 19.3. The van der Waals surface area contributed by atoms with Crippen LogP contribution in [0.15, 0.2) is 48.5 Å². The van der Waals surface area contributed by atoms with Gasteiger partial charge in [0.05, 0.1) is 6.54 Å². The van der Waals surface area contributed by atoms with Gasteiger partial charge in [0, 0.05) is 30.8 Å². The normalized spacial score (nSPS) is 28.2. The van der Waals surface area contributed by atoms with Crippen molar-refractivity contribution >= 4 is 29.2 Å². The lowest BCUT2D eigenvalue weighted by atomic mass is 10.0. The highest BCUT2D eigenvalue weighted by molar-refractivity contribution is 6.31. The van der Waals surface area contributed by atoms with Crippen LogP contribution in [0.2, 0.25) is 5.02 Å². The molecule has 3 aliphatic heterocycles. The minimum absolute atomic E-state index is 0.151. The highest BCUT2D eigenvalue weighted by atomic mass is 35.5. The second kappa shape index (κ2) is 8.06. The van der Waals surface area contributed by atoms with Crippen molar-refractivity contribution in [1.82, 2.24) is 20.0 Å². The van der Waals surface area contributed by atoms with E-state index in [1.807, 2.05) is 30.3 Å². The first-order valence-corrected chi connectivity index (χ1v) is 11.4. The number of rotatable bonds is 3. The van der Waals surface area contributed by atoms with E-state index in [1.165, 1.54) is 10.5 Å². The average Bonchev–Trinajstić information content (AvgIpc) is 3.16. The summed E-state index contributed by atoms with van der Waals surface area (Å²) < 4.78 is 0. The third-order valence-electron chi connectivity index (χ3n) is 6.80. The predicted octanol–water partition coefficient (Wildman–Crippen LogP) is 3.08. The lowest BCUT2D eigenvalue weighted by molar-refractivity contribution is -0.139. The van der Waals surface area contributed by atoms with Crippen LogP contribution in [-0.4, -0.2) is 65.3 Å². The maximum Gasteiger partial charge on any atom is 0.328 e. The number of hydrogen-bond acceptors (Lipinski definition) is 5. The minimum atomic E-state index is -0.445. The number of amides is 3. The smallest absolute Gasteiger partial charge is 0.328 e. The molecule has 3 saturated heterocycles. The molecular formula is C24H28ClN5O2. The summed E-state index contributed by atoms with van der Waals surface area (Å²) in [5.41, 5.74) is 3.10. The Bertz CT molecular complexity index is 1060. The number of carbonyl (C=O) groups is 2. The van der Waals surface area contributed by atoms with Crippen LogP contribution in [0.4, 0.5) is 10.5 Å². The number of fused-ring (bicyclic) bond motifs is 3. The number of benzene rings is 2. The first-order valence-electron chi connectivity index (χ1n) is 11.0. The summed E-state index contributed by atoms with van der Waals surface area (Å²) >= 11 is 6.33. The number of para-hydroxylation sites is 1. The molecule has 32 heavy (non-hydrogen) atoms. The molecule has 0 spiro atoms. The van der Waals surface area contributed by atoms with Crippen LogP contribution in [0.1, 0.15) is 18.1 Å². The Hall–Kier alpha value is -2.61.